The molecule has 5 heteroatoms. The molecule has 5 nitrogen and oxygen atoms in total. The van der Waals surface area contributed by atoms with Crippen molar-refractivity contribution in [1.82, 2.24) is 5.32 Å². The van der Waals surface area contributed by atoms with Crippen molar-refractivity contribution in [2.45, 2.75) is 32.2 Å². The highest BCUT2D eigenvalue weighted by Crippen LogP contribution is 2.48. The van der Waals surface area contributed by atoms with Crippen molar-refractivity contribution in [3.05, 3.63) is 29.8 Å². The van der Waals surface area contributed by atoms with E-state index < -0.39 is 0 Å². The van der Waals surface area contributed by atoms with Gasteiger partial charge in [-0.05, 0) is 31.2 Å². The molecular formula is C15H23N3O2. The molecule has 4 N–H and O–H groups in total. The summed E-state index contributed by atoms with van der Waals surface area (Å²) in [5.74, 6) is 1.21. The van der Waals surface area contributed by atoms with Crippen molar-refractivity contribution in [3.63, 3.8) is 0 Å². The van der Waals surface area contributed by atoms with E-state index in [0.717, 1.165) is 30.7 Å². The van der Waals surface area contributed by atoms with Gasteiger partial charge in [0.15, 0.2) is 0 Å². The summed E-state index contributed by atoms with van der Waals surface area (Å²) in [5.41, 5.74) is 6.92. The molecule has 0 radical (unpaired) electrons. The first kappa shape index (κ1) is 14.7. The van der Waals surface area contributed by atoms with E-state index in [1.165, 1.54) is 0 Å². The molecule has 1 fully saturated rings. The third kappa shape index (κ3) is 3.42. The van der Waals surface area contributed by atoms with Crippen molar-refractivity contribution >= 4 is 5.84 Å². The SMILES string of the molecule is COc1ccccc1[C@H](C)NCC1(C/C(N)=N/O)CC1. The number of methoxy groups -OCH3 is 1. The van der Waals surface area contributed by atoms with Crippen LogP contribution >= 0.6 is 0 Å². The first-order chi connectivity index (χ1) is 9.60. The van der Waals surface area contributed by atoms with Crippen molar-refractivity contribution in [2.24, 2.45) is 16.3 Å². The zero-order valence-corrected chi connectivity index (χ0v) is 12.1. The second-order valence-corrected chi connectivity index (χ2v) is 5.61. The van der Waals surface area contributed by atoms with Gasteiger partial charge in [0.1, 0.15) is 11.6 Å². The van der Waals surface area contributed by atoms with Crippen LogP contribution in [0.5, 0.6) is 5.75 Å². The predicted octanol–water partition coefficient (Wildman–Crippen LogP) is 2.26. The molecule has 1 atom stereocenters. The number of para-hydroxylation sites is 1. The minimum atomic E-state index is 0.159. The van der Waals surface area contributed by atoms with E-state index >= 15 is 0 Å². The summed E-state index contributed by atoms with van der Waals surface area (Å²) in [6.07, 6.45) is 2.89. The van der Waals surface area contributed by atoms with E-state index in [-0.39, 0.29) is 11.5 Å². The van der Waals surface area contributed by atoms with Crippen LogP contribution in [0.25, 0.3) is 0 Å². The molecule has 2 rings (SSSR count). The van der Waals surface area contributed by atoms with E-state index in [0.29, 0.717) is 12.3 Å². The number of nitrogens with two attached hydrogens (primary N) is 1. The molecule has 0 saturated heterocycles. The third-order valence-electron chi connectivity index (χ3n) is 4.03. The maximum Gasteiger partial charge on any atom is 0.139 e. The molecule has 0 amide bonds. The maximum absolute atomic E-state index is 8.68. The van der Waals surface area contributed by atoms with Crippen LogP contribution < -0.4 is 15.8 Å². The van der Waals surface area contributed by atoms with Gasteiger partial charge in [-0.3, -0.25) is 0 Å². The molecule has 1 aliphatic carbocycles. The van der Waals surface area contributed by atoms with Crippen LogP contribution in [0.1, 0.15) is 37.8 Å². The number of hydrogen-bond donors (Lipinski definition) is 3. The van der Waals surface area contributed by atoms with Crippen LogP contribution in [0.3, 0.4) is 0 Å². The summed E-state index contributed by atoms with van der Waals surface area (Å²) >= 11 is 0. The van der Waals surface area contributed by atoms with Crippen LogP contribution in [0, 0.1) is 5.41 Å². The molecule has 1 aliphatic rings. The molecule has 0 spiro atoms. The molecule has 1 aromatic carbocycles. The Morgan fingerprint density at radius 3 is 2.80 bits per heavy atom. The summed E-state index contributed by atoms with van der Waals surface area (Å²) in [5, 5.41) is 15.3. The lowest BCUT2D eigenvalue weighted by Gasteiger charge is -2.21. The van der Waals surface area contributed by atoms with E-state index in [1.54, 1.807) is 7.11 Å². The van der Waals surface area contributed by atoms with Crippen LogP contribution in [0.4, 0.5) is 0 Å². The van der Waals surface area contributed by atoms with Gasteiger partial charge in [-0.25, -0.2) is 0 Å². The lowest BCUT2D eigenvalue weighted by molar-refractivity contribution is 0.313. The fourth-order valence-corrected chi connectivity index (χ4v) is 2.52. The van der Waals surface area contributed by atoms with Gasteiger partial charge in [-0.1, -0.05) is 23.4 Å². The lowest BCUT2D eigenvalue weighted by atomic mass is 10.00. The van der Waals surface area contributed by atoms with Gasteiger partial charge < -0.3 is 21.0 Å². The Kier molecular flexibility index (Phi) is 4.49. The topological polar surface area (TPSA) is 79.9 Å². The summed E-state index contributed by atoms with van der Waals surface area (Å²) in [6, 6.07) is 8.22. The van der Waals surface area contributed by atoms with Gasteiger partial charge in [0.05, 0.1) is 7.11 Å². The highest BCUT2D eigenvalue weighted by Gasteiger charge is 2.43. The number of hydrogen-bond acceptors (Lipinski definition) is 4. The molecule has 0 unspecified atom stereocenters. The minimum Gasteiger partial charge on any atom is -0.496 e. The van der Waals surface area contributed by atoms with Gasteiger partial charge >= 0.3 is 0 Å². The second-order valence-electron chi connectivity index (χ2n) is 5.61. The van der Waals surface area contributed by atoms with Crippen LogP contribution in [-0.2, 0) is 0 Å². The predicted molar refractivity (Wildman–Crippen MR) is 79.1 cm³/mol. The molecule has 0 aromatic heterocycles. The Morgan fingerprint density at radius 1 is 1.50 bits per heavy atom. The van der Waals surface area contributed by atoms with E-state index in [1.807, 2.05) is 18.2 Å². The fraction of sp³-hybridized carbons (Fsp3) is 0.533. The Labute approximate surface area is 119 Å². The monoisotopic (exact) mass is 277 g/mol. The number of benzene rings is 1. The third-order valence-corrected chi connectivity index (χ3v) is 4.03. The lowest BCUT2D eigenvalue weighted by Crippen LogP contribution is -2.30. The molecule has 1 saturated carbocycles. The van der Waals surface area contributed by atoms with Crippen LogP contribution in [0.2, 0.25) is 0 Å². The molecule has 1 aromatic rings. The van der Waals surface area contributed by atoms with Gasteiger partial charge in [-0.15, -0.1) is 0 Å². The zero-order chi connectivity index (χ0) is 14.6. The number of amidine groups is 1. The van der Waals surface area contributed by atoms with Gasteiger partial charge in [0.25, 0.3) is 0 Å². The molecule has 0 aliphatic heterocycles. The Hall–Kier alpha value is -1.75. The average Bonchev–Trinajstić information content (AvgIpc) is 3.24. The van der Waals surface area contributed by atoms with E-state index in [2.05, 4.69) is 23.5 Å². The van der Waals surface area contributed by atoms with Crippen LogP contribution in [-0.4, -0.2) is 24.7 Å². The highest BCUT2D eigenvalue weighted by molar-refractivity contribution is 5.80. The highest BCUT2D eigenvalue weighted by atomic mass is 16.5. The molecule has 0 heterocycles. The van der Waals surface area contributed by atoms with Gasteiger partial charge in [0.2, 0.25) is 0 Å². The summed E-state index contributed by atoms with van der Waals surface area (Å²) in [4.78, 5) is 0. The summed E-state index contributed by atoms with van der Waals surface area (Å²) in [7, 11) is 1.69. The number of nitrogens with one attached hydrogen (secondary N) is 1. The van der Waals surface area contributed by atoms with E-state index in [9.17, 15) is 0 Å². The number of nitrogens with zero attached hydrogens (tertiary/aromatic N) is 1. The van der Waals surface area contributed by atoms with Crippen molar-refractivity contribution in [2.75, 3.05) is 13.7 Å². The van der Waals surface area contributed by atoms with Crippen molar-refractivity contribution in [3.8, 4) is 5.75 Å². The smallest absolute Gasteiger partial charge is 0.139 e. The van der Waals surface area contributed by atoms with Crippen molar-refractivity contribution < 1.29 is 9.94 Å². The van der Waals surface area contributed by atoms with Crippen molar-refractivity contribution in [1.29, 1.82) is 0 Å². The molecular weight excluding hydrogens is 254 g/mol. The first-order valence-corrected chi connectivity index (χ1v) is 6.93. The second kappa shape index (κ2) is 6.13. The summed E-state index contributed by atoms with van der Waals surface area (Å²) < 4.78 is 5.38. The minimum absolute atomic E-state index is 0.159. The normalized spacial score (nSPS) is 18.6. The maximum atomic E-state index is 8.68. The van der Waals surface area contributed by atoms with Gasteiger partial charge in [0, 0.05) is 24.6 Å². The first-order valence-electron chi connectivity index (χ1n) is 6.93. The Morgan fingerprint density at radius 2 is 2.20 bits per heavy atom. The largest absolute Gasteiger partial charge is 0.496 e. The number of ether oxygens (including phenoxy) is 1. The van der Waals surface area contributed by atoms with Gasteiger partial charge in [-0.2, -0.15) is 0 Å². The Bertz CT molecular complexity index is 484. The van der Waals surface area contributed by atoms with Crippen LogP contribution in [0.15, 0.2) is 29.4 Å². The molecule has 20 heavy (non-hydrogen) atoms. The number of rotatable bonds is 7. The average molecular weight is 277 g/mol. The fourth-order valence-electron chi connectivity index (χ4n) is 2.52. The quantitative estimate of drug-likeness (QED) is 0.309. The molecule has 110 valence electrons. The molecule has 0 bridgehead atoms. The number of oxime groups is 1. The van der Waals surface area contributed by atoms with E-state index in [4.69, 9.17) is 15.7 Å². The zero-order valence-electron chi connectivity index (χ0n) is 12.1. The Balaban J connectivity index is 1.94. The summed E-state index contributed by atoms with van der Waals surface area (Å²) in [6.45, 7) is 2.99. The standard InChI is InChI=1S/C15H23N3O2/c1-11(12-5-3-4-6-13(12)20-2)17-10-15(7-8-15)9-14(16)18-19/h3-6,11,17,19H,7-10H2,1-2H3,(H2,16,18)/t11-/m0/s1.